The molecule has 0 aliphatic heterocycles. The maximum atomic E-state index is 10.4. The Morgan fingerprint density at radius 3 is 1.74 bits per heavy atom. The first kappa shape index (κ1) is 18.5. The molecule has 0 radical (unpaired) electrons. The lowest BCUT2D eigenvalue weighted by Crippen LogP contribution is -2.32. The first-order valence-electron chi connectivity index (χ1n) is 7.16. The van der Waals surface area contributed by atoms with Crippen molar-refractivity contribution in [2.45, 2.75) is 18.9 Å². The molecule has 7 N–H and O–H groups in total. The van der Waals surface area contributed by atoms with E-state index >= 15 is 0 Å². The number of carbonyl (C=O) groups is 1. The van der Waals surface area contributed by atoms with Crippen molar-refractivity contribution in [3.8, 4) is 11.5 Å². The largest absolute Gasteiger partial charge is 0.508 e. The van der Waals surface area contributed by atoms with Crippen molar-refractivity contribution in [1.29, 1.82) is 0 Å². The maximum Gasteiger partial charge on any atom is 0.320 e. The van der Waals surface area contributed by atoms with Gasteiger partial charge in [0.25, 0.3) is 0 Å². The zero-order valence-electron chi connectivity index (χ0n) is 12.7. The van der Waals surface area contributed by atoms with E-state index in [9.17, 15) is 4.79 Å². The summed E-state index contributed by atoms with van der Waals surface area (Å²) < 4.78 is 0. The minimum absolute atomic E-state index is 0.160. The topological polar surface area (TPSA) is 130 Å². The lowest BCUT2D eigenvalue weighted by molar-refractivity contribution is -0.138. The van der Waals surface area contributed by atoms with Crippen LogP contribution >= 0.6 is 0 Å². The van der Waals surface area contributed by atoms with Gasteiger partial charge in [-0.05, 0) is 54.8 Å². The molecule has 0 aromatic heterocycles. The van der Waals surface area contributed by atoms with Gasteiger partial charge in [-0.15, -0.1) is 0 Å². The summed E-state index contributed by atoms with van der Waals surface area (Å²) in [5.41, 5.74) is 12.6. The first-order chi connectivity index (χ1) is 10.9. The van der Waals surface area contributed by atoms with Gasteiger partial charge in [0.1, 0.15) is 17.5 Å². The second kappa shape index (κ2) is 9.45. The average molecular weight is 318 g/mol. The van der Waals surface area contributed by atoms with Crippen LogP contribution in [0.15, 0.2) is 48.5 Å². The van der Waals surface area contributed by atoms with Crippen LogP contribution in [0.25, 0.3) is 0 Å². The molecule has 23 heavy (non-hydrogen) atoms. The second-order valence-electron chi connectivity index (χ2n) is 5.02. The highest BCUT2D eigenvalue weighted by atomic mass is 16.4. The van der Waals surface area contributed by atoms with E-state index in [4.69, 9.17) is 26.8 Å². The number of aromatic hydroxyl groups is 2. The lowest BCUT2D eigenvalue weighted by atomic mass is 10.1. The summed E-state index contributed by atoms with van der Waals surface area (Å²) in [6.45, 7) is 0.658. The van der Waals surface area contributed by atoms with E-state index in [-0.39, 0.29) is 12.2 Å². The number of nitrogens with two attached hydrogens (primary N) is 2. The van der Waals surface area contributed by atoms with Crippen LogP contribution in [0.5, 0.6) is 11.5 Å². The summed E-state index contributed by atoms with van der Waals surface area (Å²) in [6.07, 6.45) is 1.15. The highest BCUT2D eigenvalue weighted by molar-refractivity contribution is 5.73. The molecular formula is C17H22N2O4. The molecule has 0 amide bonds. The molecule has 0 saturated carbocycles. The third-order valence-electron chi connectivity index (χ3n) is 3.08. The third kappa shape index (κ3) is 7.30. The number of aliphatic carboxylic acids is 1. The molecule has 6 heteroatoms. The summed E-state index contributed by atoms with van der Waals surface area (Å²) in [5.74, 6) is -0.554. The van der Waals surface area contributed by atoms with Crippen LogP contribution < -0.4 is 11.5 Å². The molecular weight excluding hydrogens is 296 g/mol. The zero-order valence-corrected chi connectivity index (χ0v) is 12.7. The Bertz CT molecular complexity index is 597. The number of hydrogen-bond donors (Lipinski definition) is 5. The van der Waals surface area contributed by atoms with Crippen molar-refractivity contribution in [2.24, 2.45) is 11.5 Å². The van der Waals surface area contributed by atoms with Gasteiger partial charge in [0.05, 0.1) is 0 Å². The summed E-state index contributed by atoms with van der Waals surface area (Å²) in [7, 11) is 0. The molecule has 6 nitrogen and oxygen atoms in total. The van der Waals surface area contributed by atoms with Gasteiger partial charge >= 0.3 is 5.97 Å². The highest BCUT2D eigenvalue weighted by Gasteiger charge is 2.11. The Hall–Kier alpha value is -2.57. The molecule has 0 aliphatic rings. The minimum Gasteiger partial charge on any atom is -0.508 e. The van der Waals surface area contributed by atoms with Crippen LogP contribution in [0, 0.1) is 0 Å². The fourth-order valence-corrected chi connectivity index (χ4v) is 1.80. The molecule has 124 valence electrons. The molecule has 0 saturated heterocycles. The lowest BCUT2D eigenvalue weighted by Gasteiger charge is -2.05. The standard InChI is InChI=1S/C9H11NO3.C8H11NO/c10-8(9(12)13)5-6-1-3-7(11)4-2-6;9-6-5-7-1-3-8(10)4-2-7/h1-4,8,11H,5,10H2,(H,12,13);1-4,10H,5-6,9H2. The van der Waals surface area contributed by atoms with Crippen molar-refractivity contribution in [2.75, 3.05) is 6.54 Å². The maximum absolute atomic E-state index is 10.4. The van der Waals surface area contributed by atoms with E-state index in [0.29, 0.717) is 12.3 Å². The normalized spacial score (nSPS) is 11.2. The van der Waals surface area contributed by atoms with Crippen LogP contribution in [-0.2, 0) is 17.6 Å². The van der Waals surface area contributed by atoms with Crippen LogP contribution in [0.3, 0.4) is 0 Å². The van der Waals surface area contributed by atoms with E-state index in [1.54, 1.807) is 24.3 Å². The number of hydrogen-bond acceptors (Lipinski definition) is 5. The summed E-state index contributed by atoms with van der Waals surface area (Å²) in [5, 5.41) is 26.4. The van der Waals surface area contributed by atoms with Crippen molar-refractivity contribution < 1.29 is 20.1 Å². The molecule has 2 aromatic carbocycles. The molecule has 0 bridgehead atoms. The number of benzene rings is 2. The van der Waals surface area contributed by atoms with Crippen molar-refractivity contribution in [3.63, 3.8) is 0 Å². The Morgan fingerprint density at radius 2 is 1.35 bits per heavy atom. The number of phenols is 2. The van der Waals surface area contributed by atoms with Gasteiger partial charge in [-0.3, -0.25) is 4.79 Å². The van der Waals surface area contributed by atoms with Crippen molar-refractivity contribution >= 4 is 5.97 Å². The van der Waals surface area contributed by atoms with E-state index < -0.39 is 12.0 Å². The number of carboxylic acids is 1. The van der Waals surface area contributed by atoms with Gasteiger partial charge in [-0.2, -0.15) is 0 Å². The smallest absolute Gasteiger partial charge is 0.320 e. The molecule has 1 unspecified atom stereocenters. The quantitative estimate of drug-likeness (QED) is 0.564. The third-order valence-corrected chi connectivity index (χ3v) is 3.08. The monoisotopic (exact) mass is 318 g/mol. The van der Waals surface area contributed by atoms with Crippen molar-refractivity contribution in [1.82, 2.24) is 0 Å². The van der Waals surface area contributed by atoms with Crippen LogP contribution in [-0.4, -0.2) is 33.9 Å². The van der Waals surface area contributed by atoms with Gasteiger partial charge in [0.2, 0.25) is 0 Å². The molecule has 0 aliphatic carbocycles. The highest BCUT2D eigenvalue weighted by Crippen LogP contribution is 2.11. The van der Waals surface area contributed by atoms with Gasteiger partial charge in [0, 0.05) is 0 Å². The molecule has 2 rings (SSSR count). The van der Waals surface area contributed by atoms with E-state index in [0.717, 1.165) is 12.0 Å². The Balaban J connectivity index is 0.000000238. The van der Waals surface area contributed by atoms with Crippen molar-refractivity contribution in [3.05, 3.63) is 59.7 Å². The zero-order chi connectivity index (χ0) is 17.2. The SMILES string of the molecule is NC(Cc1ccc(O)cc1)C(=O)O.NCCc1ccc(O)cc1. The average Bonchev–Trinajstić information content (AvgIpc) is 2.52. The number of carboxylic acid groups (broad SMARTS) is 1. The number of phenolic OH excluding ortho intramolecular Hbond substituents is 2. The number of rotatable bonds is 5. The molecule has 0 spiro atoms. The van der Waals surface area contributed by atoms with Crippen LogP contribution in [0.1, 0.15) is 11.1 Å². The summed E-state index contributed by atoms with van der Waals surface area (Å²) in [4.78, 5) is 10.4. The van der Waals surface area contributed by atoms with Crippen LogP contribution in [0.4, 0.5) is 0 Å². The van der Waals surface area contributed by atoms with E-state index in [2.05, 4.69) is 0 Å². The fourth-order valence-electron chi connectivity index (χ4n) is 1.80. The van der Waals surface area contributed by atoms with E-state index in [1.165, 1.54) is 17.7 Å². The van der Waals surface area contributed by atoms with E-state index in [1.807, 2.05) is 12.1 Å². The van der Waals surface area contributed by atoms with Gasteiger partial charge in [-0.1, -0.05) is 24.3 Å². The minimum atomic E-state index is -1.02. The molecule has 0 fully saturated rings. The Morgan fingerprint density at radius 1 is 0.913 bits per heavy atom. The Kier molecular flexibility index (Phi) is 7.59. The van der Waals surface area contributed by atoms with Gasteiger partial charge in [0.15, 0.2) is 0 Å². The second-order valence-corrected chi connectivity index (χ2v) is 5.02. The van der Waals surface area contributed by atoms with Gasteiger partial charge in [-0.25, -0.2) is 0 Å². The molecule has 2 aromatic rings. The fraction of sp³-hybridized carbons (Fsp3) is 0.235. The first-order valence-corrected chi connectivity index (χ1v) is 7.16. The van der Waals surface area contributed by atoms with Crippen LogP contribution in [0.2, 0.25) is 0 Å². The van der Waals surface area contributed by atoms with Gasteiger partial charge < -0.3 is 26.8 Å². The predicted octanol–water partition coefficient (Wildman–Crippen LogP) is 1.24. The molecule has 1 atom stereocenters. The molecule has 0 heterocycles. The Labute approximate surface area is 135 Å². The predicted molar refractivity (Wildman–Crippen MR) is 88.3 cm³/mol. The summed E-state index contributed by atoms with van der Waals surface area (Å²) >= 11 is 0. The summed E-state index contributed by atoms with van der Waals surface area (Å²) in [6, 6.07) is 12.5.